The van der Waals surface area contributed by atoms with Gasteiger partial charge in [0.15, 0.2) is 0 Å². The first-order valence-corrected chi connectivity index (χ1v) is 4.68. The van der Waals surface area contributed by atoms with E-state index in [2.05, 4.69) is 4.99 Å². The van der Waals surface area contributed by atoms with Gasteiger partial charge in [0, 0.05) is 6.42 Å². The fourth-order valence-electron chi connectivity index (χ4n) is 1.08. The van der Waals surface area contributed by atoms with Crippen molar-refractivity contribution >= 4 is 5.84 Å². The highest BCUT2D eigenvalue weighted by atomic mass is 16.5. The predicted octanol–water partition coefficient (Wildman–Crippen LogP) is 1.96. The minimum atomic E-state index is 0.622. The predicted molar refractivity (Wildman–Crippen MR) is 58.6 cm³/mol. The summed E-state index contributed by atoms with van der Waals surface area (Å²) in [7, 11) is 1.66. The Bertz CT molecular complexity index is 321. The summed E-state index contributed by atoms with van der Waals surface area (Å²) in [5.74, 6) is 1.54. The number of hydrogen-bond acceptors (Lipinski definition) is 2. The Hall–Kier alpha value is -1.51. The average molecular weight is 192 g/mol. The van der Waals surface area contributed by atoms with Crippen LogP contribution in [-0.2, 0) is 6.54 Å². The second-order valence-electron chi connectivity index (χ2n) is 3.01. The SMILES string of the molecule is CCC(N)=NCc1cccc(OC)c1. The van der Waals surface area contributed by atoms with Gasteiger partial charge in [0.1, 0.15) is 5.75 Å². The van der Waals surface area contributed by atoms with E-state index in [1.807, 2.05) is 31.2 Å². The van der Waals surface area contributed by atoms with Crippen LogP contribution in [0.5, 0.6) is 5.75 Å². The Kier molecular flexibility index (Phi) is 3.98. The molecule has 3 nitrogen and oxygen atoms in total. The molecule has 0 aromatic heterocycles. The normalized spacial score (nSPS) is 11.4. The first-order chi connectivity index (χ1) is 6.76. The molecule has 1 aromatic carbocycles. The Balaban J connectivity index is 2.67. The molecule has 0 atom stereocenters. The second kappa shape index (κ2) is 5.27. The molecule has 1 rings (SSSR count). The quantitative estimate of drug-likeness (QED) is 0.585. The third kappa shape index (κ3) is 3.09. The van der Waals surface area contributed by atoms with Crippen LogP contribution in [-0.4, -0.2) is 12.9 Å². The number of amidine groups is 1. The molecule has 0 heterocycles. The van der Waals surface area contributed by atoms with Gasteiger partial charge in [-0.25, -0.2) is 0 Å². The van der Waals surface area contributed by atoms with Crippen LogP contribution >= 0.6 is 0 Å². The van der Waals surface area contributed by atoms with Gasteiger partial charge in [0.2, 0.25) is 0 Å². The van der Waals surface area contributed by atoms with Gasteiger partial charge >= 0.3 is 0 Å². The van der Waals surface area contributed by atoms with Gasteiger partial charge in [0.25, 0.3) is 0 Å². The summed E-state index contributed by atoms with van der Waals surface area (Å²) < 4.78 is 5.11. The summed E-state index contributed by atoms with van der Waals surface area (Å²) in [4.78, 5) is 4.23. The highest BCUT2D eigenvalue weighted by Gasteiger charge is 1.94. The third-order valence-corrected chi connectivity index (χ3v) is 1.96. The maximum absolute atomic E-state index is 5.61. The van der Waals surface area contributed by atoms with Gasteiger partial charge in [0.05, 0.1) is 19.5 Å². The molecule has 0 saturated carbocycles. The van der Waals surface area contributed by atoms with Gasteiger partial charge in [-0.15, -0.1) is 0 Å². The molecule has 0 aliphatic carbocycles. The molecule has 0 fully saturated rings. The summed E-state index contributed by atoms with van der Waals surface area (Å²) >= 11 is 0. The molecule has 0 radical (unpaired) electrons. The van der Waals surface area contributed by atoms with Crippen molar-refractivity contribution < 1.29 is 4.74 Å². The zero-order chi connectivity index (χ0) is 10.4. The number of nitrogens with zero attached hydrogens (tertiary/aromatic N) is 1. The van der Waals surface area contributed by atoms with Crippen LogP contribution in [0.1, 0.15) is 18.9 Å². The second-order valence-corrected chi connectivity index (χ2v) is 3.01. The van der Waals surface area contributed by atoms with Crippen LogP contribution in [0.3, 0.4) is 0 Å². The molecule has 0 aliphatic heterocycles. The van der Waals surface area contributed by atoms with E-state index < -0.39 is 0 Å². The van der Waals surface area contributed by atoms with Crippen LogP contribution in [0.4, 0.5) is 0 Å². The fourth-order valence-corrected chi connectivity index (χ4v) is 1.08. The number of methoxy groups -OCH3 is 1. The molecule has 0 unspecified atom stereocenters. The van der Waals surface area contributed by atoms with Crippen LogP contribution in [0, 0.1) is 0 Å². The topological polar surface area (TPSA) is 47.6 Å². The molecule has 3 heteroatoms. The Morgan fingerprint density at radius 1 is 1.50 bits per heavy atom. The Morgan fingerprint density at radius 2 is 2.29 bits per heavy atom. The summed E-state index contributed by atoms with van der Waals surface area (Å²) in [6, 6.07) is 7.84. The summed E-state index contributed by atoms with van der Waals surface area (Å²) in [5, 5.41) is 0. The van der Waals surface area contributed by atoms with Crippen molar-refractivity contribution in [1.82, 2.24) is 0 Å². The number of hydrogen-bond donors (Lipinski definition) is 1. The molecule has 14 heavy (non-hydrogen) atoms. The summed E-state index contributed by atoms with van der Waals surface area (Å²) in [6.45, 7) is 2.61. The number of rotatable bonds is 4. The van der Waals surface area contributed by atoms with Crippen LogP contribution in [0.25, 0.3) is 0 Å². The van der Waals surface area contributed by atoms with E-state index in [1.165, 1.54) is 0 Å². The molecule has 76 valence electrons. The maximum Gasteiger partial charge on any atom is 0.119 e. The Morgan fingerprint density at radius 3 is 2.93 bits per heavy atom. The standard InChI is InChI=1S/C11H16N2O/c1-3-11(12)13-8-9-5-4-6-10(7-9)14-2/h4-7H,3,8H2,1-2H3,(H2,12,13). The first-order valence-electron chi connectivity index (χ1n) is 4.68. The van der Waals surface area contributed by atoms with E-state index in [1.54, 1.807) is 7.11 Å². The zero-order valence-corrected chi connectivity index (χ0v) is 8.66. The van der Waals surface area contributed by atoms with E-state index >= 15 is 0 Å². The van der Waals surface area contributed by atoms with Gasteiger partial charge in [-0.2, -0.15) is 0 Å². The molecule has 1 aromatic rings. The van der Waals surface area contributed by atoms with E-state index in [0.717, 1.165) is 17.7 Å². The third-order valence-electron chi connectivity index (χ3n) is 1.96. The van der Waals surface area contributed by atoms with Crippen molar-refractivity contribution in [2.45, 2.75) is 19.9 Å². The Labute approximate surface area is 84.6 Å². The average Bonchev–Trinajstić information content (AvgIpc) is 2.26. The first kappa shape index (κ1) is 10.6. The van der Waals surface area contributed by atoms with Crippen molar-refractivity contribution in [2.75, 3.05) is 7.11 Å². The highest BCUT2D eigenvalue weighted by molar-refractivity contribution is 5.79. The van der Waals surface area contributed by atoms with Crippen molar-refractivity contribution in [2.24, 2.45) is 10.7 Å². The van der Waals surface area contributed by atoms with Crippen molar-refractivity contribution in [3.05, 3.63) is 29.8 Å². The molecule has 0 spiro atoms. The number of aliphatic imine (C=N–C) groups is 1. The monoisotopic (exact) mass is 192 g/mol. The molecule has 2 N–H and O–H groups in total. The lowest BCUT2D eigenvalue weighted by atomic mass is 10.2. The van der Waals surface area contributed by atoms with E-state index in [-0.39, 0.29) is 0 Å². The minimum absolute atomic E-state index is 0.622. The van der Waals surface area contributed by atoms with E-state index in [9.17, 15) is 0 Å². The molecular weight excluding hydrogens is 176 g/mol. The smallest absolute Gasteiger partial charge is 0.119 e. The van der Waals surface area contributed by atoms with Crippen LogP contribution in [0.2, 0.25) is 0 Å². The van der Waals surface area contributed by atoms with Crippen LogP contribution < -0.4 is 10.5 Å². The van der Waals surface area contributed by atoms with Crippen molar-refractivity contribution in [3.8, 4) is 5.75 Å². The van der Waals surface area contributed by atoms with Crippen LogP contribution in [0.15, 0.2) is 29.3 Å². The summed E-state index contributed by atoms with van der Waals surface area (Å²) in [6.07, 6.45) is 0.796. The lowest BCUT2D eigenvalue weighted by Crippen LogP contribution is -2.09. The number of benzene rings is 1. The number of ether oxygens (including phenoxy) is 1. The van der Waals surface area contributed by atoms with Gasteiger partial charge in [-0.1, -0.05) is 19.1 Å². The molecule has 0 amide bonds. The molecular formula is C11H16N2O. The number of nitrogens with two attached hydrogens (primary N) is 1. The summed E-state index contributed by atoms with van der Waals surface area (Å²) in [5.41, 5.74) is 6.72. The zero-order valence-electron chi connectivity index (χ0n) is 8.66. The minimum Gasteiger partial charge on any atom is -0.497 e. The maximum atomic E-state index is 5.61. The van der Waals surface area contributed by atoms with Crippen molar-refractivity contribution in [1.29, 1.82) is 0 Å². The van der Waals surface area contributed by atoms with Gasteiger partial charge in [-0.3, -0.25) is 4.99 Å². The van der Waals surface area contributed by atoms with Gasteiger partial charge in [-0.05, 0) is 17.7 Å². The largest absolute Gasteiger partial charge is 0.497 e. The highest BCUT2D eigenvalue weighted by Crippen LogP contribution is 2.13. The fraction of sp³-hybridized carbons (Fsp3) is 0.364. The van der Waals surface area contributed by atoms with E-state index in [0.29, 0.717) is 12.4 Å². The lowest BCUT2D eigenvalue weighted by Gasteiger charge is -2.02. The van der Waals surface area contributed by atoms with Crippen molar-refractivity contribution in [3.63, 3.8) is 0 Å². The molecule has 0 aliphatic rings. The molecule has 0 bridgehead atoms. The molecule has 0 saturated heterocycles. The van der Waals surface area contributed by atoms with Gasteiger partial charge < -0.3 is 10.5 Å². The lowest BCUT2D eigenvalue weighted by molar-refractivity contribution is 0.414. The van der Waals surface area contributed by atoms with E-state index in [4.69, 9.17) is 10.5 Å².